The van der Waals surface area contributed by atoms with Crippen molar-refractivity contribution >= 4 is 32.5 Å². The van der Waals surface area contributed by atoms with E-state index in [1.54, 1.807) is 24.3 Å². The molecule has 8 aliphatic carbocycles. The van der Waals surface area contributed by atoms with Crippen LogP contribution in [0.3, 0.4) is 0 Å². The fourth-order valence-corrected chi connectivity index (χ4v) is 24.6. The summed E-state index contributed by atoms with van der Waals surface area (Å²) in [6.45, 7) is 9.81. The van der Waals surface area contributed by atoms with E-state index in [1.165, 1.54) is 38.5 Å². The van der Waals surface area contributed by atoms with Crippen LogP contribution in [0.15, 0.2) is 70.5 Å². The summed E-state index contributed by atoms with van der Waals surface area (Å²) >= 11 is 0. The summed E-state index contributed by atoms with van der Waals surface area (Å²) in [5.41, 5.74) is -2.76. The average molecular weight is 951 g/mol. The van der Waals surface area contributed by atoms with E-state index in [0.717, 1.165) is 57.8 Å². The Morgan fingerprint density at radius 2 is 1.13 bits per heavy atom. The highest BCUT2D eigenvalue weighted by Crippen LogP contribution is 2.77. The summed E-state index contributed by atoms with van der Waals surface area (Å²) in [5, 5.41) is 7.15. The lowest BCUT2D eigenvalue weighted by atomic mass is 9.35. The van der Waals surface area contributed by atoms with Crippen molar-refractivity contribution in [3.63, 3.8) is 0 Å². The SMILES string of the molecule is CN1C(=O)CC(S(=O)c2ccccc2)(C23CC[C@@H]4[C@@H](CC[C@]5(C)C(NC6CC6)CC[C@@H]45)[C@@]2(C)C(S(=O)(=O)c2ccccc2)CC(=O)N3C)[C@@]2(C)C1CC[C@@H]1[C@H]2CC[C@]2(C)C(NC3CC3)CC[C@@H]12. The number of nitrogens with one attached hydrogen (secondary N) is 2. The van der Waals surface area contributed by atoms with Crippen molar-refractivity contribution in [1.82, 2.24) is 20.4 Å². The van der Waals surface area contributed by atoms with Gasteiger partial charge in [-0.2, -0.15) is 0 Å². The van der Waals surface area contributed by atoms with Crippen molar-refractivity contribution in [2.24, 2.45) is 57.2 Å². The topological polar surface area (TPSA) is 116 Å². The van der Waals surface area contributed by atoms with Gasteiger partial charge in [0.1, 0.15) is 0 Å². The predicted molar refractivity (Wildman–Crippen MR) is 263 cm³/mol. The third-order valence-corrected chi connectivity index (χ3v) is 27.7. The maximum absolute atomic E-state index is 17.3. The lowest BCUT2D eigenvalue weighted by Gasteiger charge is -2.78. The molecule has 12 rings (SSSR count). The zero-order valence-corrected chi connectivity index (χ0v) is 42.8. The van der Waals surface area contributed by atoms with Gasteiger partial charge in [-0.15, -0.1) is 0 Å². The zero-order valence-electron chi connectivity index (χ0n) is 41.2. The highest BCUT2D eigenvalue weighted by atomic mass is 32.2. The van der Waals surface area contributed by atoms with E-state index < -0.39 is 47.0 Å². The molecule has 2 aliphatic heterocycles. The first-order valence-electron chi connectivity index (χ1n) is 26.8. The molecule has 9 nitrogen and oxygen atoms in total. The van der Waals surface area contributed by atoms with Gasteiger partial charge in [0.15, 0.2) is 9.84 Å². The van der Waals surface area contributed by atoms with Gasteiger partial charge >= 0.3 is 0 Å². The van der Waals surface area contributed by atoms with Crippen molar-refractivity contribution < 1.29 is 22.2 Å². The van der Waals surface area contributed by atoms with Gasteiger partial charge in [0.2, 0.25) is 11.8 Å². The summed E-state index contributed by atoms with van der Waals surface area (Å²) in [6.07, 6.45) is 16.6. The predicted octanol–water partition coefficient (Wildman–Crippen LogP) is 8.93. The first-order valence-corrected chi connectivity index (χ1v) is 29.5. The molecular formula is C56H78N4O5S2. The van der Waals surface area contributed by atoms with Crippen LogP contribution in [0.2, 0.25) is 0 Å². The van der Waals surface area contributed by atoms with Gasteiger partial charge in [-0.3, -0.25) is 13.8 Å². The minimum absolute atomic E-state index is 0.0193. The van der Waals surface area contributed by atoms with Crippen LogP contribution in [0.4, 0.5) is 0 Å². The molecule has 0 aromatic heterocycles. The number of benzene rings is 2. The van der Waals surface area contributed by atoms with E-state index in [4.69, 9.17) is 0 Å². The standard InChI is InChI=1S/C56H78N4O5S2/c1-51-30-28-43-39(41(51)22-24-45(51)57-35-17-18-35)21-26-47-53(43,3)56(34-50(62)59(47)5,66(63)37-13-9-7-10-14-37)55-32-27-40-42-23-25-46(58-36-19-20-36)52(42,2)31-29-44(40)54(55,4)48(33-49(61)60(55)6)67(64,65)38-15-11-8-12-16-38/h7-16,35-36,39-48,57-58H,17-34H2,1-6H3/t39-,40-,41-,42-,43+,44+,45?,46?,47?,48?,51-,52-,53+,54-,55?,56?,66?/m0/s1. The Kier molecular flexibility index (Phi) is 10.5. The van der Waals surface area contributed by atoms with Gasteiger partial charge in [-0.25, -0.2) is 8.42 Å². The molecular weight excluding hydrogens is 873 g/mol. The molecule has 7 unspecified atom stereocenters. The second-order valence-corrected chi connectivity index (χ2v) is 29.0. The maximum atomic E-state index is 17.3. The van der Waals surface area contributed by atoms with Crippen LogP contribution < -0.4 is 10.6 Å². The molecule has 11 heteroatoms. The van der Waals surface area contributed by atoms with Crippen LogP contribution in [-0.2, 0) is 30.2 Å². The molecule has 0 spiro atoms. The molecule has 17 atom stereocenters. The molecule has 2 saturated heterocycles. The van der Waals surface area contributed by atoms with E-state index in [-0.39, 0.29) is 64.2 Å². The molecule has 8 saturated carbocycles. The van der Waals surface area contributed by atoms with Crippen LogP contribution in [0.5, 0.6) is 0 Å². The fourth-order valence-electron chi connectivity index (χ4n) is 19.8. The number of nitrogens with zero attached hydrogens (tertiary/aromatic N) is 2. The molecule has 0 bridgehead atoms. The minimum Gasteiger partial charge on any atom is -0.342 e. The number of piperidine rings is 2. The Balaban J connectivity index is 1.10. The van der Waals surface area contributed by atoms with Crippen LogP contribution in [0, 0.1) is 57.2 Å². The molecule has 67 heavy (non-hydrogen) atoms. The monoisotopic (exact) mass is 951 g/mol. The quantitative estimate of drug-likeness (QED) is 0.258. The van der Waals surface area contributed by atoms with Gasteiger partial charge in [0, 0.05) is 72.9 Å². The highest BCUT2D eigenvalue weighted by molar-refractivity contribution is 7.92. The number of likely N-dealkylation sites (tertiary alicyclic amines) is 2. The molecule has 2 amide bonds. The first-order chi connectivity index (χ1) is 32.0. The fraction of sp³-hybridized carbons (Fsp3) is 0.750. The molecule has 2 heterocycles. The zero-order chi connectivity index (χ0) is 46.7. The number of hydrogen-bond acceptors (Lipinski definition) is 7. The Bertz CT molecular complexity index is 2450. The summed E-state index contributed by atoms with van der Waals surface area (Å²) in [5.74, 6) is 1.39. The number of rotatable bonds is 9. The Hall–Kier alpha value is -2.60. The smallest absolute Gasteiger partial charge is 0.224 e. The van der Waals surface area contributed by atoms with E-state index in [1.807, 2.05) is 60.3 Å². The summed E-state index contributed by atoms with van der Waals surface area (Å²) < 4.78 is 48.1. The van der Waals surface area contributed by atoms with Crippen molar-refractivity contribution in [3.05, 3.63) is 60.7 Å². The second-order valence-electron chi connectivity index (χ2n) is 25.1. The van der Waals surface area contributed by atoms with Gasteiger partial charge in [0.25, 0.3) is 0 Å². The third-order valence-electron chi connectivity index (χ3n) is 23.1. The lowest BCUT2D eigenvalue weighted by Crippen LogP contribution is -2.89. The van der Waals surface area contributed by atoms with Crippen molar-refractivity contribution in [2.45, 2.75) is 199 Å². The first kappa shape index (κ1) is 45.5. The third kappa shape index (κ3) is 5.95. The molecule has 10 fully saturated rings. The molecule has 10 aliphatic rings. The maximum Gasteiger partial charge on any atom is 0.224 e. The number of hydrogen-bond donors (Lipinski definition) is 2. The van der Waals surface area contributed by atoms with E-state index in [9.17, 15) is 0 Å². The molecule has 2 N–H and O–H groups in total. The van der Waals surface area contributed by atoms with Crippen LogP contribution in [0.1, 0.15) is 143 Å². The molecule has 0 radical (unpaired) electrons. The number of sulfone groups is 1. The number of fused-ring (bicyclic) bond motifs is 10. The largest absolute Gasteiger partial charge is 0.342 e. The summed E-state index contributed by atoms with van der Waals surface area (Å²) in [7, 11) is -2.00. The Morgan fingerprint density at radius 3 is 1.70 bits per heavy atom. The van der Waals surface area contributed by atoms with E-state index in [0.29, 0.717) is 53.2 Å². The lowest BCUT2D eigenvalue weighted by molar-refractivity contribution is -0.232. The van der Waals surface area contributed by atoms with Gasteiger partial charge < -0.3 is 20.4 Å². The van der Waals surface area contributed by atoms with Crippen LogP contribution >= 0.6 is 0 Å². The van der Waals surface area contributed by atoms with Crippen molar-refractivity contribution in [2.75, 3.05) is 14.1 Å². The second kappa shape index (κ2) is 15.5. The van der Waals surface area contributed by atoms with Crippen molar-refractivity contribution in [3.8, 4) is 0 Å². The number of amides is 2. The molecule has 2 aromatic carbocycles. The van der Waals surface area contributed by atoms with Crippen molar-refractivity contribution in [1.29, 1.82) is 0 Å². The normalized spacial score (nSPS) is 47.6. The highest BCUT2D eigenvalue weighted by Gasteiger charge is 2.84. The van der Waals surface area contributed by atoms with Crippen LogP contribution in [-0.4, -0.2) is 94.1 Å². The Morgan fingerprint density at radius 1 is 0.597 bits per heavy atom. The number of carbonyl (C=O) groups excluding carboxylic acids is 2. The van der Waals surface area contributed by atoms with Gasteiger partial charge in [-0.1, -0.05) is 64.1 Å². The Labute approximate surface area is 403 Å². The molecule has 2 aromatic rings. The van der Waals surface area contributed by atoms with Crippen LogP contribution in [0.25, 0.3) is 0 Å². The van der Waals surface area contributed by atoms with E-state index in [2.05, 4.69) is 38.3 Å². The van der Waals surface area contributed by atoms with E-state index >= 15 is 22.2 Å². The minimum atomic E-state index is -4.14. The average Bonchev–Trinajstić information content (AvgIpc) is 4.26. The summed E-state index contributed by atoms with van der Waals surface area (Å²) in [4.78, 5) is 36.2. The number of carbonyl (C=O) groups is 2. The van der Waals surface area contributed by atoms with Gasteiger partial charge in [-0.05, 0) is 173 Å². The van der Waals surface area contributed by atoms with Gasteiger partial charge in [0.05, 0.1) is 31.2 Å². The molecule has 364 valence electrons. The summed E-state index contributed by atoms with van der Waals surface area (Å²) in [6, 6.07) is 20.8.